The molecule has 88 valence electrons. The van der Waals surface area contributed by atoms with Crippen molar-refractivity contribution < 1.29 is 4.79 Å². The van der Waals surface area contributed by atoms with Gasteiger partial charge in [-0.1, -0.05) is 20.8 Å². The van der Waals surface area contributed by atoms with Crippen LogP contribution in [0, 0.1) is 11.3 Å². The first-order chi connectivity index (χ1) is 6.86. The van der Waals surface area contributed by atoms with Crippen LogP contribution < -0.4 is 11.5 Å². The van der Waals surface area contributed by atoms with Crippen molar-refractivity contribution in [1.82, 2.24) is 4.90 Å². The molecule has 0 radical (unpaired) electrons. The van der Waals surface area contributed by atoms with Crippen molar-refractivity contribution in [1.29, 1.82) is 0 Å². The summed E-state index contributed by atoms with van der Waals surface area (Å²) >= 11 is 0. The van der Waals surface area contributed by atoms with Crippen molar-refractivity contribution in [2.75, 3.05) is 19.6 Å². The van der Waals surface area contributed by atoms with E-state index in [9.17, 15) is 4.79 Å². The SMILES string of the molecule is CC(C)(C)C(CN)N1CCC(C(N)=O)C1. The van der Waals surface area contributed by atoms with Crippen LogP contribution in [0.1, 0.15) is 27.2 Å². The number of nitrogens with two attached hydrogens (primary N) is 2. The van der Waals surface area contributed by atoms with Gasteiger partial charge in [0, 0.05) is 19.1 Å². The van der Waals surface area contributed by atoms with Crippen LogP contribution in [0.2, 0.25) is 0 Å². The van der Waals surface area contributed by atoms with E-state index in [-0.39, 0.29) is 17.2 Å². The molecule has 0 bridgehead atoms. The monoisotopic (exact) mass is 213 g/mol. The lowest BCUT2D eigenvalue weighted by Gasteiger charge is -2.37. The molecule has 2 atom stereocenters. The topological polar surface area (TPSA) is 72.3 Å². The molecule has 0 aromatic heterocycles. The second-order valence-corrected chi connectivity index (χ2v) is 5.50. The van der Waals surface area contributed by atoms with E-state index in [1.165, 1.54) is 0 Å². The molecule has 1 heterocycles. The smallest absolute Gasteiger partial charge is 0.221 e. The Morgan fingerprint density at radius 3 is 2.47 bits per heavy atom. The van der Waals surface area contributed by atoms with Crippen molar-refractivity contribution in [3.8, 4) is 0 Å². The molecule has 1 saturated heterocycles. The zero-order chi connectivity index (χ0) is 11.6. The molecule has 0 saturated carbocycles. The highest BCUT2D eigenvalue weighted by atomic mass is 16.1. The summed E-state index contributed by atoms with van der Waals surface area (Å²) in [6, 6.07) is 0.335. The summed E-state index contributed by atoms with van der Waals surface area (Å²) in [5.74, 6) is -0.163. The molecule has 2 unspecified atom stereocenters. The lowest BCUT2D eigenvalue weighted by atomic mass is 9.86. The minimum atomic E-state index is -0.179. The van der Waals surface area contributed by atoms with Crippen LogP contribution in [0.15, 0.2) is 0 Å². The van der Waals surface area contributed by atoms with Gasteiger partial charge in [-0.2, -0.15) is 0 Å². The molecule has 1 amide bonds. The standard InChI is InChI=1S/C11H23N3O/c1-11(2,3)9(6-12)14-5-4-8(7-14)10(13)15/h8-9H,4-7,12H2,1-3H3,(H2,13,15). The molecule has 1 fully saturated rings. The summed E-state index contributed by atoms with van der Waals surface area (Å²) in [6.45, 7) is 8.89. The van der Waals surface area contributed by atoms with Crippen molar-refractivity contribution in [2.45, 2.75) is 33.2 Å². The summed E-state index contributed by atoms with van der Waals surface area (Å²) in [4.78, 5) is 13.4. The minimum Gasteiger partial charge on any atom is -0.369 e. The van der Waals surface area contributed by atoms with Crippen LogP contribution in [0.5, 0.6) is 0 Å². The van der Waals surface area contributed by atoms with E-state index in [4.69, 9.17) is 11.5 Å². The van der Waals surface area contributed by atoms with Gasteiger partial charge in [-0.05, 0) is 18.4 Å². The van der Waals surface area contributed by atoms with Gasteiger partial charge < -0.3 is 11.5 Å². The fraction of sp³-hybridized carbons (Fsp3) is 0.909. The Hall–Kier alpha value is -0.610. The summed E-state index contributed by atoms with van der Waals surface area (Å²) in [5.41, 5.74) is 11.3. The molecule has 1 aliphatic heterocycles. The van der Waals surface area contributed by atoms with Crippen LogP contribution in [0.4, 0.5) is 0 Å². The highest BCUT2D eigenvalue weighted by molar-refractivity contribution is 5.77. The number of nitrogens with zero attached hydrogens (tertiary/aromatic N) is 1. The Morgan fingerprint density at radius 2 is 2.13 bits per heavy atom. The number of hydrogen-bond donors (Lipinski definition) is 2. The summed E-state index contributed by atoms with van der Waals surface area (Å²) < 4.78 is 0. The van der Waals surface area contributed by atoms with Crippen LogP contribution in [-0.4, -0.2) is 36.5 Å². The lowest BCUT2D eigenvalue weighted by molar-refractivity contribution is -0.121. The van der Waals surface area contributed by atoms with Gasteiger partial charge in [0.1, 0.15) is 0 Å². The predicted molar refractivity (Wildman–Crippen MR) is 61.2 cm³/mol. The zero-order valence-electron chi connectivity index (χ0n) is 9.99. The Labute approximate surface area is 92.0 Å². The second-order valence-electron chi connectivity index (χ2n) is 5.50. The molecule has 1 rings (SSSR count). The van der Waals surface area contributed by atoms with Gasteiger partial charge >= 0.3 is 0 Å². The van der Waals surface area contributed by atoms with Crippen LogP contribution in [0.3, 0.4) is 0 Å². The highest BCUT2D eigenvalue weighted by Gasteiger charge is 2.35. The zero-order valence-corrected chi connectivity index (χ0v) is 9.99. The van der Waals surface area contributed by atoms with Crippen LogP contribution >= 0.6 is 0 Å². The maximum atomic E-state index is 11.1. The normalized spacial score (nSPS) is 25.5. The van der Waals surface area contributed by atoms with E-state index in [1.54, 1.807) is 0 Å². The van der Waals surface area contributed by atoms with Gasteiger partial charge in [0.2, 0.25) is 5.91 Å². The third-order valence-corrected chi connectivity index (χ3v) is 3.29. The number of rotatable bonds is 3. The molecule has 4 N–H and O–H groups in total. The lowest BCUT2D eigenvalue weighted by Crippen LogP contribution is -2.48. The molecule has 15 heavy (non-hydrogen) atoms. The molecule has 4 heteroatoms. The van der Waals surface area contributed by atoms with Gasteiger partial charge in [0.25, 0.3) is 0 Å². The van der Waals surface area contributed by atoms with E-state index in [1.807, 2.05) is 0 Å². The largest absolute Gasteiger partial charge is 0.369 e. The van der Waals surface area contributed by atoms with Crippen molar-refractivity contribution in [2.24, 2.45) is 22.8 Å². The first kappa shape index (κ1) is 12.5. The Morgan fingerprint density at radius 1 is 1.53 bits per heavy atom. The van der Waals surface area contributed by atoms with E-state index in [0.29, 0.717) is 12.6 Å². The first-order valence-corrected chi connectivity index (χ1v) is 5.59. The fourth-order valence-electron chi connectivity index (χ4n) is 2.35. The number of carbonyl (C=O) groups is 1. The molecule has 4 nitrogen and oxygen atoms in total. The van der Waals surface area contributed by atoms with Crippen LogP contribution in [0.25, 0.3) is 0 Å². The first-order valence-electron chi connectivity index (χ1n) is 5.59. The van der Waals surface area contributed by atoms with Gasteiger partial charge in [-0.25, -0.2) is 0 Å². The number of primary amides is 1. The second kappa shape index (κ2) is 4.49. The molecule has 0 aliphatic carbocycles. The fourth-order valence-corrected chi connectivity index (χ4v) is 2.35. The number of carbonyl (C=O) groups excluding carboxylic acids is 1. The Kier molecular flexibility index (Phi) is 3.73. The molecular formula is C11H23N3O. The summed E-state index contributed by atoms with van der Waals surface area (Å²) in [6.07, 6.45) is 0.877. The number of amides is 1. The predicted octanol–water partition coefficient (Wildman–Crippen LogP) is 0.167. The maximum Gasteiger partial charge on any atom is 0.221 e. The summed E-state index contributed by atoms with van der Waals surface area (Å²) in [5, 5.41) is 0. The summed E-state index contributed by atoms with van der Waals surface area (Å²) in [7, 11) is 0. The van der Waals surface area contributed by atoms with E-state index >= 15 is 0 Å². The molecule has 0 aromatic rings. The van der Waals surface area contributed by atoms with Gasteiger partial charge in [-0.3, -0.25) is 9.69 Å². The molecule has 1 aliphatic rings. The van der Waals surface area contributed by atoms with Crippen molar-refractivity contribution in [3.63, 3.8) is 0 Å². The minimum absolute atomic E-state index is 0.0152. The van der Waals surface area contributed by atoms with Crippen molar-refractivity contribution in [3.05, 3.63) is 0 Å². The van der Waals surface area contributed by atoms with Gasteiger partial charge in [-0.15, -0.1) is 0 Å². The van der Waals surface area contributed by atoms with Crippen LogP contribution in [-0.2, 0) is 4.79 Å². The van der Waals surface area contributed by atoms with E-state index in [0.717, 1.165) is 19.5 Å². The Balaban J connectivity index is 2.62. The third kappa shape index (κ3) is 2.92. The quantitative estimate of drug-likeness (QED) is 0.702. The maximum absolute atomic E-state index is 11.1. The van der Waals surface area contributed by atoms with E-state index < -0.39 is 0 Å². The van der Waals surface area contributed by atoms with E-state index in [2.05, 4.69) is 25.7 Å². The Bertz CT molecular complexity index is 234. The highest BCUT2D eigenvalue weighted by Crippen LogP contribution is 2.28. The average molecular weight is 213 g/mol. The molecule has 0 spiro atoms. The van der Waals surface area contributed by atoms with Gasteiger partial charge in [0.05, 0.1) is 5.92 Å². The van der Waals surface area contributed by atoms with Crippen molar-refractivity contribution >= 4 is 5.91 Å². The average Bonchev–Trinajstić information content (AvgIpc) is 2.51. The molecule has 0 aromatic carbocycles. The van der Waals surface area contributed by atoms with Gasteiger partial charge in [0.15, 0.2) is 0 Å². The third-order valence-electron chi connectivity index (χ3n) is 3.29. The number of hydrogen-bond acceptors (Lipinski definition) is 3. The molecular weight excluding hydrogens is 190 g/mol. The number of likely N-dealkylation sites (tertiary alicyclic amines) is 1.